The number of ether oxygens (including phenoxy) is 1. The van der Waals surface area contributed by atoms with Crippen molar-refractivity contribution in [2.24, 2.45) is 0 Å². The number of nitrogens with zero attached hydrogens (tertiary/aromatic N) is 3. The van der Waals surface area contributed by atoms with Crippen LogP contribution in [0.2, 0.25) is 0 Å². The number of amides is 1. The number of hydrogen-bond acceptors (Lipinski definition) is 5. The van der Waals surface area contributed by atoms with E-state index in [9.17, 15) is 4.79 Å². The van der Waals surface area contributed by atoms with Crippen molar-refractivity contribution in [3.8, 4) is 17.1 Å². The Morgan fingerprint density at radius 1 is 1.21 bits per heavy atom. The number of carbonyl (C=O) groups excluding carboxylic acids is 1. The number of benzene rings is 2. The molecular weight excluding hydrogens is 354 g/mol. The van der Waals surface area contributed by atoms with Gasteiger partial charge in [0.25, 0.3) is 5.91 Å². The van der Waals surface area contributed by atoms with Crippen molar-refractivity contribution in [1.29, 1.82) is 0 Å². The van der Waals surface area contributed by atoms with Crippen molar-refractivity contribution in [2.45, 2.75) is 33.2 Å². The largest absolute Gasteiger partial charge is 0.496 e. The molecule has 1 amide bonds. The van der Waals surface area contributed by atoms with Gasteiger partial charge in [0.2, 0.25) is 11.7 Å². The topological polar surface area (TPSA) is 68.5 Å². The van der Waals surface area contributed by atoms with Gasteiger partial charge >= 0.3 is 0 Å². The molecule has 0 radical (unpaired) electrons. The highest BCUT2D eigenvalue weighted by atomic mass is 16.5. The summed E-state index contributed by atoms with van der Waals surface area (Å²) in [5.74, 6) is 1.86. The summed E-state index contributed by atoms with van der Waals surface area (Å²) in [4.78, 5) is 19.0. The molecule has 0 aliphatic carbocycles. The molecule has 28 heavy (non-hydrogen) atoms. The van der Waals surface area contributed by atoms with Crippen LogP contribution in [0.4, 0.5) is 0 Å². The van der Waals surface area contributed by atoms with E-state index in [-0.39, 0.29) is 18.4 Å². The summed E-state index contributed by atoms with van der Waals surface area (Å²) >= 11 is 0. The van der Waals surface area contributed by atoms with Crippen LogP contribution in [-0.2, 0) is 6.54 Å². The molecule has 1 aromatic heterocycles. The van der Waals surface area contributed by atoms with Gasteiger partial charge in [-0.1, -0.05) is 49.3 Å². The second kappa shape index (κ2) is 8.25. The number of rotatable bonds is 6. The lowest BCUT2D eigenvalue weighted by atomic mass is 9.96. The second-order valence-corrected chi connectivity index (χ2v) is 7.10. The molecule has 0 bridgehead atoms. The lowest BCUT2D eigenvalue weighted by Crippen LogP contribution is -2.27. The molecule has 0 N–H and O–H groups in total. The fraction of sp³-hybridized carbons (Fsp3) is 0.318. The van der Waals surface area contributed by atoms with Gasteiger partial charge in [-0.05, 0) is 36.1 Å². The maximum Gasteiger partial charge on any atom is 0.254 e. The maximum absolute atomic E-state index is 13.0. The Bertz CT molecular complexity index is 964. The highest BCUT2D eigenvalue weighted by Gasteiger charge is 2.20. The Morgan fingerprint density at radius 2 is 1.93 bits per heavy atom. The van der Waals surface area contributed by atoms with E-state index in [0.29, 0.717) is 17.3 Å². The van der Waals surface area contributed by atoms with Gasteiger partial charge in [-0.3, -0.25) is 4.79 Å². The highest BCUT2D eigenvalue weighted by molar-refractivity contribution is 5.96. The van der Waals surface area contributed by atoms with Crippen molar-refractivity contribution in [3.05, 3.63) is 65.0 Å². The summed E-state index contributed by atoms with van der Waals surface area (Å²) in [5, 5.41) is 4.01. The minimum atomic E-state index is -0.0958. The predicted molar refractivity (Wildman–Crippen MR) is 107 cm³/mol. The van der Waals surface area contributed by atoms with Gasteiger partial charge in [0.1, 0.15) is 5.75 Å². The molecule has 0 atom stereocenters. The molecule has 2 aromatic carbocycles. The minimum Gasteiger partial charge on any atom is -0.496 e. The summed E-state index contributed by atoms with van der Waals surface area (Å²) in [6.07, 6.45) is 0. The SMILES string of the molecule is COc1cc(C)c(C(=O)N(C)Cc2nc(-c3ccccc3)no2)cc1C(C)C. The van der Waals surface area contributed by atoms with Crippen LogP contribution in [0, 0.1) is 6.92 Å². The lowest BCUT2D eigenvalue weighted by Gasteiger charge is -2.19. The van der Waals surface area contributed by atoms with Gasteiger partial charge in [-0.25, -0.2) is 0 Å². The Morgan fingerprint density at radius 3 is 2.57 bits per heavy atom. The summed E-state index contributed by atoms with van der Waals surface area (Å²) in [6, 6.07) is 13.4. The van der Waals surface area contributed by atoms with Crippen molar-refractivity contribution in [2.75, 3.05) is 14.2 Å². The molecule has 1 heterocycles. The van der Waals surface area contributed by atoms with Gasteiger partial charge in [-0.2, -0.15) is 4.98 Å². The molecule has 146 valence electrons. The van der Waals surface area contributed by atoms with Crippen LogP contribution in [0.15, 0.2) is 47.0 Å². The average Bonchev–Trinajstić information content (AvgIpc) is 3.16. The Labute approximate surface area is 165 Å². The number of hydrogen-bond donors (Lipinski definition) is 0. The van der Waals surface area contributed by atoms with E-state index in [4.69, 9.17) is 9.26 Å². The molecule has 3 aromatic rings. The summed E-state index contributed by atoms with van der Waals surface area (Å²) in [6.45, 7) is 6.30. The van der Waals surface area contributed by atoms with E-state index in [1.54, 1.807) is 19.1 Å². The number of aryl methyl sites for hydroxylation is 1. The normalized spacial score (nSPS) is 10.9. The molecule has 0 saturated carbocycles. The van der Waals surface area contributed by atoms with E-state index in [1.807, 2.05) is 49.4 Å². The number of methoxy groups -OCH3 is 1. The zero-order chi connectivity index (χ0) is 20.3. The third-order valence-electron chi connectivity index (χ3n) is 4.65. The molecule has 0 spiro atoms. The Kier molecular flexibility index (Phi) is 5.78. The first-order chi connectivity index (χ1) is 13.4. The third-order valence-corrected chi connectivity index (χ3v) is 4.65. The van der Waals surface area contributed by atoms with Crippen LogP contribution in [0.25, 0.3) is 11.4 Å². The van der Waals surface area contributed by atoms with Crippen LogP contribution in [0.5, 0.6) is 5.75 Å². The first-order valence-electron chi connectivity index (χ1n) is 9.22. The van der Waals surface area contributed by atoms with Crippen molar-refractivity contribution < 1.29 is 14.1 Å². The van der Waals surface area contributed by atoms with Crippen LogP contribution in [-0.4, -0.2) is 35.1 Å². The maximum atomic E-state index is 13.0. The van der Waals surface area contributed by atoms with Gasteiger partial charge in [0.05, 0.1) is 13.7 Å². The smallest absolute Gasteiger partial charge is 0.254 e. The minimum absolute atomic E-state index is 0.0958. The lowest BCUT2D eigenvalue weighted by molar-refractivity contribution is 0.0768. The molecule has 0 unspecified atom stereocenters. The van der Waals surface area contributed by atoms with E-state index < -0.39 is 0 Å². The molecule has 0 fully saturated rings. The quantitative estimate of drug-likeness (QED) is 0.633. The molecular formula is C22H25N3O3. The van der Waals surface area contributed by atoms with Gasteiger partial charge < -0.3 is 14.2 Å². The van der Waals surface area contributed by atoms with Gasteiger partial charge in [0, 0.05) is 18.2 Å². The van der Waals surface area contributed by atoms with Crippen LogP contribution >= 0.6 is 0 Å². The van der Waals surface area contributed by atoms with E-state index in [0.717, 1.165) is 22.4 Å². The van der Waals surface area contributed by atoms with Crippen LogP contribution in [0.3, 0.4) is 0 Å². The van der Waals surface area contributed by atoms with Gasteiger partial charge in [0.15, 0.2) is 0 Å². The molecule has 6 nitrogen and oxygen atoms in total. The van der Waals surface area contributed by atoms with Crippen molar-refractivity contribution in [1.82, 2.24) is 15.0 Å². The van der Waals surface area contributed by atoms with E-state index >= 15 is 0 Å². The Balaban J connectivity index is 1.80. The van der Waals surface area contributed by atoms with Crippen LogP contribution in [0.1, 0.15) is 47.1 Å². The number of carbonyl (C=O) groups is 1. The zero-order valence-electron chi connectivity index (χ0n) is 16.9. The van der Waals surface area contributed by atoms with E-state index in [1.165, 1.54) is 0 Å². The van der Waals surface area contributed by atoms with Crippen molar-refractivity contribution in [3.63, 3.8) is 0 Å². The fourth-order valence-electron chi connectivity index (χ4n) is 3.06. The summed E-state index contributed by atoms with van der Waals surface area (Å²) < 4.78 is 10.8. The predicted octanol–water partition coefficient (Wildman–Crippen LogP) is 4.45. The molecule has 0 aliphatic heterocycles. The monoisotopic (exact) mass is 379 g/mol. The highest BCUT2D eigenvalue weighted by Crippen LogP contribution is 2.30. The zero-order valence-corrected chi connectivity index (χ0v) is 16.9. The van der Waals surface area contributed by atoms with Crippen molar-refractivity contribution >= 4 is 5.91 Å². The second-order valence-electron chi connectivity index (χ2n) is 7.10. The number of aromatic nitrogens is 2. The average molecular weight is 379 g/mol. The Hall–Kier alpha value is -3.15. The first-order valence-corrected chi connectivity index (χ1v) is 9.22. The molecule has 6 heteroatoms. The molecule has 0 saturated heterocycles. The standard InChI is InChI=1S/C22H25N3O3/c1-14(2)17-12-18(15(3)11-19(17)27-5)22(26)25(4)13-20-23-21(24-28-20)16-9-7-6-8-10-16/h6-12,14H,13H2,1-5H3. The molecule has 3 rings (SSSR count). The fourth-order valence-corrected chi connectivity index (χ4v) is 3.06. The van der Waals surface area contributed by atoms with Gasteiger partial charge in [-0.15, -0.1) is 0 Å². The summed E-state index contributed by atoms with van der Waals surface area (Å²) in [7, 11) is 3.38. The molecule has 0 aliphatic rings. The summed E-state index contributed by atoms with van der Waals surface area (Å²) in [5.41, 5.74) is 3.40. The van der Waals surface area contributed by atoms with E-state index in [2.05, 4.69) is 24.0 Å². The van der Waals surface area contributed by atoms with Crippen LogP contribution < -0.4 is 4.74 Å². The first kappa shape index (κ1) is 19.6. The third kappa shape index (κ3) is 4.06.